The number of aromatic nitrogens is 2. The van der Waals surface area contributed by atoms with Crippen molar-refractivity contribution in [3.8, 4) is 11.5 Å². The molecule has 6 nitrogen and oxygen atoms in total. The average Bonchev–Trinajstić information content (AvgIpc) is 2.78. The zero-order chi connectivity index (χ0) is 16.4. The number of hydrogen-bond donors (Lipinski definition) is 1. The molecule has 0 radical (unpaired) electrons. The molecule has 0 bridgehead atoms. The van der Waals surface area contributed by atoms with Gasteiger partial charge in [-0.3, -0.25) is 9.48 Å². The molecule has 2 heterocycles. The van der Waals surface area contributed by atoms with Gasteiger partial charge in [-0.2, -0.15) is 5.10 Å². The van der Waals surface area contributed by atoms with Crippen LogP contribution in [0.25, 0.3) is 6.08 Å². The van der Waals surface area contributed by atoms with E-state index in [2.05, 4.69) is 10.4 Å². The molecule has 0 atom stereocenters. The van der Waals surface area contributed by atoms with Gasteiger partial charge in [-0.05, 0) is 32.1 Å². The summed E-state index contributed by atoms with van der Waals surface area (Å²) in [6, 6.07) is 5.35. The minimum atomic E-state index is -0.204. The molecule has 6 heteroatoms. The van der Waals surface area contributed by atoms with Crippen molar-refractivity contribution in [2.75, 3.05) is 18.5 Å². The van der Waals surface area contributed by atoms with Crippen LogP contribution in [-0.4, -0.2) is 28.9 Å². The summed E-state index contributed by atoms with van der Waals surface area (Å²) >= 11 is 0. The van der Waals surface area contributed by atoms with Crippen LogP contribution >= 0.6 is 0 Å². The van der Waals surface area contributed by atoms with E-state index in [1.54, 1.807) is 29.0 Å². The van der Waals surface area contributed by atoms with Crippen molar-refractivity contribution in [2.24, 2.45) is 7.05 Å². The predicted octanol–water partition coefficient (Wildman–Crippen LogP) is 2.46. The van der Waals surface area contributed by atoms with E-state index in [0.717, 1.165) is 17.0 Å². The zero-order valence-corrected chi connectivity index (χ0v) is 13.4. The lowest BCUT2D eigenvalue weighted by atomic mass is 10.2. The van der Waals surface area contributed by atoms with Crippen LogP contribution in [0.1, 0.15) is 17.0 Å². The standard InChI is InChI=1S/C17H19N3O3/c1-11-14(12(2)20(3)19-11)5-7-17(21)18-13-4-6-15-16(10-13)23-9-8-22-15/h4-7,10H,8-9H2,1-3H3,(H,18,21)/b7-5+. The van der Waals surface area contributed by atoms with Gasteiger partial charge in [0.15, 0.2) is 11.5 Å². The maximum atomic E-state index is 12.1. The Morgan fingerprint density at radius 2 is 2.00 bits per heavy atom. The molecule has 120 valence electrons. The third kappa shape index (κ3) is 3.21. The number of anilines is 1. The van der Waals surface area contributed by atoms with Gasteiger partial charge in [0.25, 0.3) is 0 Å². The lowest BCUT2D eigenvalue weighted by Crippen LogP contribution is -2.16. The fourth-order valence-corrected chi connectivity index (χ4v) is 2.50. The highest BCUT2D eigenvalue weighted by Gasteiger charge is 2.12. The lowest BCUT2D eigenvalue weighted by molar-refractivity contribution is -0.111. The van der Waals surface area contributed by atoms with Gasteiger partial charge in [-0.15, -0.1) is 0 Å². The molecule has 2 aromatic rings. The van der Waals surface area contributed by atoms with Crippen LogP contribution in [-0.2, 0) is 11.8 Å². The highest BCUT2D eigenvalue weighted by Crippen LogP contribution is 2.32. The molecule has 0 aliphatic carbocycles. The van der Waals surface area contributed by atoms with Crippen molar-refractivity contribution in [2.45, 2.75) is 13.8 Å². The third-order valence-electron chi connectivity index (χ3n) is 3.78. The van der Waals surface area contributed by atoms with E-state index in [-0.39, 0.29) is 5.91 Å². The second kappa shape index (κ2) is 6.16. The van der Waals surface area contributed by atoms with Crippen LogP contribution in [0.2, 0.25) is 0 Å². The summed E-state index contributed by atoms with van der Waals surface area (Å²) in [7, 11) is 1.88. The number of rotatable bonds is 3. The van der Waals surface area contributed by atoms with E-state index >= 15 is 0 Å². The predicted molar refractivity (Wildman–Crippen MR) is 87.8 cm³/mol. The highest BCUT2D eigenvalue weighted by atomic mass is 16.6. The summed E-state index contributed by atoms with van der Waals surface area (Å²) in [4.78, 5) is 12.1. The van der Waals surface area contributed by atoms with Gasteiger partial charge in [0.05, 0.1) is 5.69 Å². The van der Waals surface area contributed by atoms with Crippen LogP contribution in [0.4, 0.5) is 5.69 Å². The number of aryl methyl sites for hydroxylation is 2. The second-order valence-corrected chi connectivity index (χ2v) is 5.39. The topological polar surface area (TPSA) is 65.4 Å². The van der Waals surface area contributed by atoms with Crippen LogP contribution in [0.5, 0.6) is 11.5 Å². The highest BCUT2D eigenvalue weighted by molar-refractivity contribution is 6.02. The van der Waals surface area contributed by atoms with Crippen molar-refractivity contribution in [1.82, 2.24) is 9.78 Å². The normalized spacial score (nSPS) is 13.3. The Morgan fingerprint density at radius 3 is 2.70 bits per heavy atom. The Labute approximate surface area is 134 Å². The minimum Gasteiger partial charge on any atom is -0.486 e. The molecular formula is C17H19N3O3. The molecule has 1 N–H and O–H groups in total. The summed E-state index contributed by atoms with van der Waals surface area (Å²) in [5, 5.41) is 7.14. The van der Waals surface area contributed by atoms with Crippen molar-refractivity contribution in [3.63, 3.8) is 0 Å². The Bertz CT molecular complexity index is 778. The second-order valence-electron chi connectivity index (χ2n) is 5.39. The Balaban J connectivity index is 1.71. The van der Waals surface area contributed by atoms with Crippen molar-refractivity contribution >= 4 is 17.7 Å². The zero-order valence-electron chi connectivity index (χ0n) is 13.4. The first-order valence-corrected chi connectivity index (χ1v) is 7.43. The number of benzene rings is 1. The van der Waals surface area contributed by atoms with Gasteiger partial charge in [0.1, 0.15) is 13.2 Å². The minimum absolute atomic E-state index is 0.204. The van der Waals surface area contributed by atoms with Crippen molar-refractivity contribution in [1.29, 1.82) is 0 Å². The van der Waals surface area contributed by atoms with Gasteiger partial charge in [0.2, 0.25) is 5.91 Å². The molecule has 0 unspecified atom stereocenters. The summed E-state index contributed by atoms with van der Waals surface area (Å²) in [6.07, 6.45) is 3.29. The van der Waals surface area contributed by atoms with E-state index in [1.165, 1.54) is 6.08 Å². The Hall–Kier alpha value is -2.76. The molecule has 1 aromatic carbocycles. The maximum absolute atomic E-state index is 12.1. The molecule has 23 heavy (non-hydrogen) atoms. The van der Waals surface area contributed by atoms with Gasteiger partial charge in [-0.1, -0.05) is 0 Å². The first kappa shape index (κ1) is 15.1. The van der Waals surface area contributed by atoms with Crippen molar-refractivity contribution < 1.29 is 14.3 Å². The maximum Gasteiger partial charge on any atom is 0.248 e. The fourth-order valence-electron chi connectivity index (χ4n) is 2.50. The molecule has 0 fully saturated rings. The van der Waals surface area contributed by atoms with Gasteiger partial charge in [-0.25, -0.2) is 0 Å². The third-order valence-corrected chi connectivity index (χ3v) is 3.78. The number of fused-ring (bicyclic) bond motifs is 1. The summed E-state index contributed by atoms with van der Waals surface area (Å²) < 4.78 is 12.8. The average molecular weight is 313 g/mol. The van der Waals surface area contributed by atoms with Gasteiger partial charge >= 0.3 is 0 Å². The molecule has 1 aliphatic rings. The number of nitrogens with zero attached hydrogens (tertiary/aromatic N) is 2. The Morgan fingerprint density at radius 1 is 1.26 bits per heavy atom. The molecule has 1 amide bonds. The number of carbonyl (C=O) groups excluding carboxylic acids is 1. The fraction of sp³-hybridized carbons (Fsp3) is 0.294. The molecule has 0 spiro atoms. The van der Waals surface area contributed by atoms with Crippen LogP contribution in [0.15, 0.2) is 24.3 Å². The summed E-state index contributed by atoms with van der Waals surface area (Å²) in [6.45, 7) is 4.96. The van der Waals surface area contributed by atoms with Crippen LogP contribution in [0.3, 0.4) is 0 Å². The quantitative estimate of drug-likeness (QED) is 0.884. The van der Waals surface area contributed by atoms with Crippen LogP contribution in [0, 0.1) is 13.8 Å². The SMILES string of the molecule is Cc1nn(C)c(C)c1/C=C/C(=O)Nc1ccc2c(c1)OCCO2. The first-order valence-electron chi connectivity index (χ1n) is 7.43. The van der Waals surface area contributed by atoms with Crippen LogP contribution < -0.4 is 14.8 Å². The van der Waals surface area contributed by atoms with Gasteiger partial charge in [0, 0.05) is 36.1 Å². The van der Waals surface area contributed by atoms with E-state index in [4.69, 9.17) is 9.47 Å². The monoisotopic (exact) mass is 313 g/mol. The van der Waals surface area contributed by atoms with E-state index in [0.29, 0.717) is 30.4 Å². The number of amides is 1. The van der Waals surface area contributed by atoms with E-state index in [9.17, 15) is 4.79 Å². The lowest BCUT2D eigenvalue weighted by Gasteiger charge is -2.18. The Kier molecular flexibility index (Phi) is 4.06. The number of hydrogen-bond acceptors (Lipinski definition) is 4. The molecule has 0 saturated carbocycles. The first-order chi connectivity index (χ1) is 11.0. The number of carbonyl (C=O) groups is 1. The summed E-state index contributed by atoms with van der Waals surface area (Å²) in [5.74, 6) is 1.15. The van der Waals surface area contributed by atoms with E-state index < -0.39 is 0 Å². The number of nitrogens with one attached hydrogen (secondary N) is 1. The smallest absolute Gasteiger partial charge is 0.248 e. The molecule has 3 rings (SSSR count). The summed E-state index contributed by atoms with van der Waals surface area (Å²) in [5.41, 5.74) is 3.55. The molecule has 1 aromatic heterocycles. The largest absolute Gasteiger partial charge is 0.486 e. The molecule has 0 saturated heterocycles. The van der Waals surface area contributed by atoms with Gasteiger partial charge < -0.3 is 14.8 Å². The van der Waals surface area contributed by atoms with Crippen molar-refractivity contribution in [3.05, 3.63) is 41.2 Å². The molecule has 1 aliphatic heterocycles. The molecular weight excluding hydrogens is 294 g/mol. The van der Waals surface area contributed by atoms with E-state index in [1.807, 2.05) is 20.9 Å². The number of ether oxygens (including phenoxy) is 2.